The van der Waals surface area contributed by atoms with Crippen LogP contribution in [0.15, 0.2) is 54.6 Å². The molecule has 7 nitrogen and oxygen atoms in total. The Bertz CT molecular complexity index is 1130. The molecule has 3 amide bonds. The van der Waals surface area contributed by atoms with E-state index in [0.717, 1.165) is 24.8 Å². The molecule has 1 N–H and O–H groups in total. The zero-order valence-electron chi connectivity index (χ0n) is 20.7. The van der Waals surface area contributed by atoms with Crippen LogP contribution in [0.3, 0.4) is 0 Å². The quantitative estimate of drug-likeness (QED) is 0.447. The lowest BCUT2D eigenvalue weighted by molar-refractivity contribution is -0.147. The number of esters is 1. The zero-order valence-corrected chi connectivity index (χ0v) is 20.7. The van der Waals surface area contributed by atoms with Gasteiger partial charge in [-0.1, -0.05) is 44.2 Å². The number of hydrogen-bond acceptors (Lipinski definition) is 5. The monoisotopic (exact) mass is 488 g/mol. The molecular weight excluding hydrogens is 456 g/mol. The molecule has 3 fully saturated rings. The number of nitrogens with one attached hydrogen (secondary N) is 1. The van der Waals surface area contributed by atoms with Gasteiger partial charge in [0.25, 0.3) is 0 Å². The molecule has 1 saturated heterocycles. The van der Waals surface area contributed by atoms with Crippen molar-refractivity contribution >= 4 is 29.4 Å². The van der Waals surface area contributed by atoms with Gasteiger partial charge in [0, 0.05) is 12.1 Å². The molecule has 7 heteroatoms. The molecule has 0 spiro atoms. The van der Waals surface area contributed by atoms with Gasteiger partial charge >= 0.3 is 5.97 Å². The van der Waals surface area contributed by atoms with Crippen LogP contribution in [0.25, 0.3) is 0 Å². The summed E-state index contributed by atoms with van der Waals surface area (Å²) in [6.45, 7) is 4.26. The van der Waals surface area contributed by atoms with Gasteiger partial charge in [-0.05, 0) is 66.8 Å². The Morgan fingerprint density at radius 2 is 1.56 bits per heavy atom. The fourth-order valence-corrected chi connectivity index (χ4v) is 6.12. The van der Waals surface area contributed by atoms with E-state index in [1.165, 1.54) is 4.90 Å². The van der Waals surface area contributed by atoms with Crippen molar-refractivity contribution in [3.05, 3.63) is 65.7 Å². The van der Waals surface area contributed by atoms with E-state index in [1.54, 1.807) is 24.3 Å². The molecule has 2 aromatic rings. The van der Waals surface area contributed by atoms with Crippen LogP contribution in [0.5, 0.6) is 0 Å². The van der Waals surface area contributed by atoms with Crippen molar-refractivity contribution in [2.24, 2.45) is 29.6 Å². The first-order valence-corrected chi connectivity index (χ1v) is 12.8. The summed E-state index contributed by atoms with van der Waals surface area (Å²) < 4.78 is 5.26. The van der Waals surface area contributed by atoms with Crippen LogP contribution in [-0.2, 0) is 25.5 Å². The summed E-state index contributed by atoms with van der Waals surface area (Å²) in [4.78, 5) is 54.0. The molecule has 1 aliphatic heterocycles. The van der Waals surface area contributed by atoms with Crippen LogP contribution in [0.1, 0.15) is 49.0 Å². The minimum Gasteiger partial charge on any atom is -0.462 e. The first-order chi connectivity index (χ1) is 17.3. The normalized spacial score (nSPS) is 25.2. The summed E-state index contributed by atoms with van der Waals surface area (Å²) in [6.07, 6.45) is 3.17. The first kappa shape index (κ1) is 24.2. The lowest BCUT2D eigenvalue weighted by Crippen LogP contribution is -2.49. The Kier molecular flexibility index (Phi) is 6.65. The lowest BCUT2D eigenvalue weighted by atomic mass is 9.81. The second-order valence-electron chi connectivity index (χ2n) is 10.7. The van der Waals surface area contributed by atoms with E-state index in [0.29, 0.717) is 17.9 Å². The highest BCUT2D eigenvalue weighted by Gasteiger charge is 2.62. The van der Waals surface area contributed by atoms with Crippen molar-refractivity contribution in [1.29, 1.82) is 0 Å². The Balaban J connectivity index is 1.35. The first-order valence-electron chi connectivity index (χ1n) is 12.8. The number of imide groups is 1. The van der Waals surface area contributed by atoms with Crippen LogP contribution in [0, 0.1) is 29.6 Å². The van der Waals surface area contributed by atoms with Crippen molar-refractivity contribution < 1.29 is 23.9 Å². The Morgan fingerprint density at radius 1 is 0.944 bits per heavy atom. The van der Waals surface area contributed by atoms with Gasteiger partial charge in [0.1, 0.15) is 6.04 Å². The molecule has 0 aromatic heterocycles. The average molecular weight is 489 g/mol. The second-order valence-corrected chi connectivity index (χ2v) is 10.7. The zero-order chi connectivity index (χ0) is 25.4. The van der Waals surface area contributed by atoms with E-state index in [2.05, 4.69) is 5.32 Å². The second kappa shape index (κ2) is 9.88. The van der Waals surface area contributed by atoms with Crippen LogP contribution in [0.4, 0.5) is 5.69 Å². The fraction of sp³-hybridized carbons (Fsp3) is 0.448. The molecule has 2 aromatic carbocycles. The third-order valence-electron chi connectivity index (χ3n) is 7.78. The van der Waals surface area contributed by atoms with Gasteiger partial charge in [-0.3, -0.25) is 19.3 Å². The van der Waals surface area contributed by atoms with Gasteiger partial charge in [0.15, 0.2) is 0 Å². The van der Waals surface area contributed by atoms with Gasteiger partial charge in [-0.25, -0.2) is 4.79 Å². The maximum atomic E-state index is 13.5. The molecule has 0 radical (unpaired) electrons. The number of fused-ring (bicyclic) bond motifs is 5. The number of likely N-dealkylation sites (tertiary alicyclic amines) is 1. The van der Waals surface area contributed by atoms with Crippen molar-refractivity contribution in [2.45, 2.75) is 45.6 Å². The molecule has 2 saturated carbocycles. The summed E-state index contributed by atoms with van der Waals surface area (Å²) in [6, 6.07) is 15.0. The molecule has 36 heavy (non-hydrogen) atoms. The summed E-state index contributed by atoms with van der Waals surface area (Å²) in [5.74, 6) is -1.04. The molecule has 3 aliphatic rings. The number of carbonyl (C=O) groups is 4. The van der Waals surface area contributed by atoms with Crippen LogP contribution in [-0.4, -0.2) is 41.2 Å². The summed E-state index contributed by atoms with van der Waals surface area (Å²) in [5, 5.41) is 2.86. The minimum absolute atomic E-state index is 0.198. The van der Waals surface area contributed by atoms with Crippen molar-refractivity contribution in [3.63, 3.8) is 0 Å². The highest BCUT2D eigenvalue weighted by molar-refractivity contribution is 6.10. The summed E-state index contributed by atoms with van der Waals surface area (Å²) in [7, 11) is 0. The Hall–Kier alpha value is -3.48. The third-order valence-corrected chi connectivity index (χ3v) is 7.78. The SMILES string of the molecule is CC(C)COC(=O)c1ccc(NC(=O)[C@H](Cc2ccccc2)N2C(=O)[C@@H]3[C@@H]4CC[C@@H](C4)[C@@H]3C2=O)cc1. The van der Waals surface area contributed by atoms with E-state index < -0.39 is 17.9 Å². The van der Waals surface area contributed by atoms with Gasteiger partial charge in [0.05, 0.1) is 24.0 Å². The molecule has 2 bridgehead atoms. The summed E-state index contributed by atoms with van der Waals surface area (Å²) in [5.41, 5.74) is 1.75. The maximum Gasteiger partial charge on any atom is 0.338 e. The number of rotatable bonds is 8. The maximum absolute atomic E-state index is 13.5. The van der Waals surface area contributed by atoms with E-state index in [1.807, 2.05) is 44.2 Å². The number of hydrogen-bond donors (Lipinski definition) is 1. The van der Waals surface area contributed by atoms with E-state index in [4.69, 9.17) is 4.74 Å². The highest BCUT2D eigenvalue weighted by atomic mass is 16.5. The minimum atomic E-state index is -0.937. The van der Waals surface area contributed by atoms with E-state index in [-0.39, 0.29) is 47.8 Å². The molecule has 1 heterocycles. The van der Waals surface area contributed by atoms with Crippen LogP contribution < -0.4 is 5.32 Å². The smallest absolute Gasteiger partial charge is 0.338 e. The third kappa shape index (κ3) is 4.54. The number of nitrogens with zero attached hydrogens (tertiary/aromatic N) is 1. The van der Waals surface area contributed by atoms with E-state index in [9.17, 15) is 19.2 Å². The predicted molar refractivity (Wildman–Crippen MR) is 134 cm³/mol. The molecular formula is C29H32N2O5. The Morgan fingerprint density at radius 3 is 2.14 bits per heavy atom. The summed E-state index contributed by atoms with van der Waals surface area (Å²) >= 11 is 0. The average Bonchev–Trinajstić information content (AvgIpc) is 3.56. The number of benzene rings is 2. The van der Waals surface area contributed by atoms with Crippen LogP contribution in [0.2, 0.25) is 0 Å². The largest absolute Gasteiger partial charge is 0.462 e. The lowest BCUT2D eigenvalue weighted by Gasteiger charge is -2.27. The van der Waals surface area contributed by atoms with Gasteiger partial charge in [-0.2, -0.15) is 0 Å². The highest BCUT2D eigenvalue weighted by Crippen LogP contribution is 2.56. The van der Waals surface area contributed by atoms with Crippen LogP contribution >= 0.6 is 0 Å². The van der Waals surface area contributed by atoms with Gasteiger partial charge in [-0.15, -0.1) is 0 Å². The van der Waals surface area contributed by atoms with Crippen molar-refractivity contribution in [3.8, 4) is 0 Å². The van der Waals surface area contributed by atoms with Crippen molar-refractivity contribution in [2.75, 3.05) is 11.9 Å². The predicted octanol–water partition coefficient (Wildman–Crippen LogP) is 4.08. The molecule has 2 aliphatic carbocycles. The number of amides is 3. The standard InChI is InChI=1S/C29H32N2O5/c1-17(2)16-36-29(35)19-10-12-22(13-11-19)30-26(32)23(14-18-6-4-3-5-7-18)31-27(33)24-20-8-9-21(15-20)25(24)28(31)34/h3-7,10-13,17,20-21,23-25H,8-9,14-16H2,1-2H3,(H,30,32)/t20-,21+,23-,24-,25+/m0/s1. The van der Waals surface area contributed by atoms with Gasteiger partial charge in [0.2, 0.25) is 17.7 Å². The Labute approximate surface area is 211 Å². The van der Waals surface area contributed by atoms with E-state index >= 15 is 0 Å². The van der Waals surface area contributed by atoms with Crippen molar-refractivity contribution in [1.82, 2.24) is 4.90 Å². The molecule has 0 unspecified atom stereocenters. The topological polar surface area (TPSA) is 92.8 Å². The van der Waals surface area contributed by atoms with Gasteiger partial charge < -0.3 is 10.1 Å². The molecule has 5 atom stereocenters. The number of ether oxygens (including phenoxy) is 1. The molecule has 5 rings (SSSR count). The number of anilines is 1. The fourth-order valence-electron chi connectivity index (χ4n) is 6.12. The molecule has 188 valence electrons. The number of carbonyl (C=O) groups excluding carboxylic acids is 4.